The smallest absolute Gasteiger partial charge is 1.00 e. The van der Waals surface area contributed by atoms with Crippen molar-refractivity contribution in [2.75, 3.05) is 0 Å². The van der Waals surface area contributed by atoms with Gasteiger partial charge in [0, 0.05) is 0 Å². The van der Waals surface area contributed by atoms with Crippen molar-refractivity contribution in [1.29, 1.82) is 0 Å². The average molecular weight is 733 g/mol. The molecule has 0 nitrogen and oxygen atoms in total. The molecular weight excluding hydrogens is 680 g/mol. The fraction of sp³-hybridized carbons (Fsp3) is 0.579. The number of rotatable bonds is 10. The van der Waals surface area contributed by atoms with Gasteiger partial charge in [0.05, 0.1) is 0 Å². The molecule has 0 N–H and O–H groups in total. The number of halogens is 2. The van der Waals surface area contributed by atoms with Crippen LogP contribution in [0.3, 0.4) is 0 Å². The average Bonchev–Trinajstić information content (AvgIpc) is 3.56. The van der Waals surface area contributed by atoms with Gasteiger partial charge in [-0.15, -0.1) is 0 Å². The molecule has 0 saturated heterocycles. The van der Waals surface area contributed by atoms with Gasteiger partial charge in [0.15, 0.2) is 0 Å². The van der Waals surface area contributed by atoms with Crippen LogP contribution in [-0.4, -0.2) is 22.6 Å². The summed E-state index contributed by atoms with van der Waals surface area (Å²) in [5.74, 6) is 0. The summed E-state index contributed by atoms with van der Waals surface area (Å²) in [4.78, 5) is 0. The molecule has 0 aromatic heterocycles. The van der Waals surface area contributed by atoms with Crippen LogP contribution in [0.2, 0.25) is 0 Å². The van der Waals surface area contributed by atoms with Crippen molar-refractivity contribution < 1.29 is 48.0 Å². The summed E-state index contributed by atoms with van der Waals surface area (Å²) < 4.78 is 1.52. The summed E-state index contributed by atoms with van der Waals surface area (Å²) in [5.41, 5.74) is 10.2. The summed E-state index contributed by atoms with van der Waals surface area (Å²) in [7, 11) is -0.165. The van der Waals surface area contributed by atoms with E-state index in [4.69, 9.17) is 0 Å². The van der Waals surface area contributed by atoms with Crippen LogP contribution in [-0.2, 0) is 23.2 Å². The molecule has 2 fully saturated rings. The zero-order chi connectivity index (χ0) is 28.3. The minimum Gasteiger partial charge on any atom is -1.00 e. The normalized spacial score (nSPS) is 24.0. The molecule has 43 heavy (non-hydrogen) atoms. The summed E-state index contributed by atoms with van der Waals surface area (Å²) in [6, 6.07) is 19.3. The van der Waals surface area contributed by atoms with E-state index in [0.717, 1.165) is 29.9 Å². The van der Waals surface area contributed by atoms with Crippen molar-refractivity contribution in [1.82, 2.24) is 0 Å². The predicted molar refractivity (Wildman–Crippen MR) is 181 cm³/mol. The third kappa shape index (κ3) is 7.70. The van der Waals surface area contributed by atoms with E-state index in [-0.39, 0.29) is 40.7 Å². The maximum Gasteiger partial charge on any atom is -1.00 e. The minimum atomic E-state index is -0.886. The van der Waals surface area contributed by atoms with Gasteiger partial charge in [-0.1, -0.05) is 0 Å². The minimum absolute atomic E-state index is 0. The SMILES string of the molecule is CCC(C)P(C1=Cc2ccccc2[CH]1[Zr+2][CH]1C(P(C2CCCCC2)C2CCCCC2)=Cc2ccccc21)C(C)CC.[Cl-].[Cl-]. The van der Waals surface area contributed by atoms with Crippen LogP contribution >= 0.6 is 15.8 Å². The van der Waals surface area contributed by atoms with E-state index in [1.165, 1.54) is 77.0 Å². The van der Waals surface area contributed by atoms with E-state index in [1.807, 2.05) is 10.6 Å². The molecule has 2 saturated carbocycles. The molecule has 0 amide bonds. The molecule has 232 valence electrons. The van der Waals surface area contributed by atoms with Gasteiger partial charge in [-0.25, -0.2) is 0 Å². The van der Waals surface area contributed by atoms with Crippen molar-refractivity contribution in [2.24, 2.45) is 0 Å². The van der Waals surface area contributed by atoms with Crippen molar-refractivity contribution in [2.45, 2.75) is 135 Å². The first-order valence-corrected chi connectivity index (χ1v) is 22.8. The van der Waals surface area contributed by atoms with Crippen LogP contribution in [0.25, 0.3) is 12.2 Å². The Morgan fingerprint density at radius 1 is 0.628 bits per heavy atom. The summed E-state index contributed by atoms with van der Waals surface area (Å²) in [5, 5.41) is 3.90. The number of hydrogen-bond acceptors (Lipinski definition) is 0. The monoisotopic (exact) mass is 730 g/mol. The van der Waals surface area contributed by atoms with Crippen LogP contribution < -0.4 is 24.8 Å². The predicted octanol–water partition coefficient (Wildman–Crippen LogP) is 6.49. The second-order valence-electron chi connectivity index (χ2n) is 13.3. The Bertz CT molecular complexity index is 1220. The van der Waals surface area contributed by atoms with Crippen molar-refractivity contribution in [3.05, 3.63) is 81.4 Å². The van der Waals surface area contributed by atoms with E-state index in [2.05, 4.69) is 88.4 Å². The maximum atomic E-state index is 2.80. The second kappa shape index (κ2) is 16.9. The summed E-state index contributed by atoms with van der Waals surface area (Å²) in [6.07, 6.45) is 23.1. The van der Waals surface area contributed by atoms with Gasteiger partial charge in [-0.2, -0.15) is 0 Å². The molecule has 2 aromatic carbocycles. The molecule has 4 unspecified atom stereocenters. The summed E-state index contributed by atoms with van der Waals surface area (Å²) in [6.45, 7) is 10.0. The maximum absolute atomic E-state index is 2.80. The fourth-order valence-electron chi connectivity index (χ4n) is 8.35. The van der Waals surface area contributed by atoms with E-state index < -0.39 is 23.2 Å². The Morgan fingerprint density at radius 3 is 1.51 bits per heavy atom. The zero-order valence-electron chi connectivity index (χ0n) is 26.9. The van der Waals surface area contributed by atoms with Crippen molar-refractivity contribution in [3.63, 3.8) is 0 Å². The Morgan fingerprint density at radius 2 is 1.05 bits per heavy atom. The molecule has 2 aromatic rings. The second-order valence-corrected chi connectivity index (χ2v) is 22.9. The number of benzene rings is 2. The molecule has 4 aliphatic carbocycles. The molecule has 5 heteroatoms. The van der Waals surface area contributed by atoms with Gasteiger partial charge in [-0.05, 0) is 0 Å². The van der Waals surface area contributed by atoms with Crippen LogP contribution in [0.5, 0.6) is 0 Å². The molecule has 6 rings (SSSR count). The van der Waals surface area contributed by atoms with Crippen LogP contribution in [0.4, 0.5) is 0 Å². The van der Waals surface area contributed by atoms with Gasteiger partial charge < -0.3 is 24.8 Å². The van der Waals surface area contributed by atoms with Gasteiger partial charge in [0.2, 0.25) is 0 Å². The molecule has 0 aliphatic heterocycles. The number of fused-ring (bicyclic) bond motifs is 2. The fourth-order valence-corrected chi connectivity index (χ4v) is 23.1. The first-order valence-electron chi connectivity index (χ1n) is 17.0. The molecule has 0 radical (unpaired) electrons. The van der Waals surface area contributed by atoms with Crippen LogP contribution in [0, 0.1) is 0 Å². The van der Waals surface area contributed by atoms with Gasteiger partial charge >= 0.3 is 267 Å². The Labute approximate surface area is 290 Å². The van der Waals surface area contributed by atoms with Gasteiger partial charge in [0.25, 0.3) is 0 Å². The molecule has 4 aliphatic rings. The molecule has 0 bridgehead atoms. The molecular formula is C38H52Cl2P2Zr. The third-order valence-corrected chi connectivity index (χ3v) is 23.9. The first kappa shape index (κ1) is 36.1. The largest absolute Gasteiger partial charge is 1.00 e. The van der Waals surface area contributed by atoms with Crippen LogP contribution in [0.15, 0.2) is 59.2 Å². The van der Waals surface area contributed by atoms with Crippen molar-refractivity contribution in [3.8, 4) is 0 Å². The zero-order valence-corrected chi connectivity index (χ0v) is 32.6. The first-order chi connectivity index (χ1) is 20.1. The quantitative estimate of drug-likeness (QED) is 0.245. The molecule has 0 heterocycles. The molecule has 0 spiro atoms. The van der Waals surface area contributed by atoms with Crippen molar-refractivity contribution >= 4 is 28.0 Å². The van der Waals surface area contributed by atoms with E-state index in [0.29, 0.717) is 0 Å². The Kier molecular flexibility index (Phi) is 14.2. The standard InChI is InChI=1S/C21H28P.C17H24P.2ClH.Zr/c1-3-11-19(12-4-1)22(20-13-5-2-6-14-20)21-15-17-9-7-8-10-18(17)16-21;1-5-13(3)18(14(4)6-2)17-11-15-9-7-8-10-16(15)12-17;;;/h7-10,15-16,19-20H,1-6,11-14H2;7-14H,5-6H2,1-4H3;2*1H;/q;;;;+2/p-2. The van der Waals surface area contributed by atoms with E-state index >= 15 is 0 Å². The van der Waals surface area contributed by atoms with Crippen LogP contribution in [0.1, 0.15) is 134 Å². The summed E-state index contributed by atoms with van der Waals surface area (Å²) >= 11 is -0.886. The Balaban J connectivity index is 0.00000212. The van der Waals surface area contributed by atoms with Gasteiger partial charge in [0.1, 0.15) is 0 Å². The van der Waals surface area contributed by atoms with Gasteiger partial charge in [-0.3, -0.25) is 0 Å². The molecule has 4 atom stereocenters. The van der Waals surface area contributed by atoms with E-state index in [1.54, 1.807) is 22.3 Å². The Hall–Kier alpha value is 0.243. The third-order valence-electron chi connectivity index (χ3n) is 10.8. The topological polar surface area (TPSA) is 0 Å². The van der Waals surface area contributed by atoms with E-state index in [9.17, 15) is 0 Å². The number of hydrogen-bond donors (Lipinski definition) is 0. The number of allylic oxidation sites excluding steroid dienone is 2.